The van der Waals surface area contributed by atoms with Gasteiger partial charge in [0.1, 0.15) is 0 Å². The Balaban J connectivity index is 2.59. The molecule has 1 heterocycles. The van der Waals surface area contributed by atoms with Crippen molar-refractivity contribution in [2.75, 3.05) is 0 Å². The fraction of sp³-hybridized carbons (Fsp3) is 0.0833. The number of fused-ring (bicyclic) bond motifs is 1. The van der Waals surface area contributed by atoms with E-state index < -0.39 is 0 Å². The van der Waals surface area contributed by atoms with Crippen LogP contribution in [0.4, 0.5) is 0 Å². The van der Waals surface area contributed by atoms with Crippen LogP contribution in [0.25, 0.3) is 10.9 Å². The summed E-state index contributed by atoms with van der Waals surface area (Å²) in [4.78, 5) is 0. The van der Waals surface area contributed by atoms with E-state index in [0.717, 1.165) is 0 Å². The maximum Gasteiger partial charge on any atom is 0.212 e. The molecule has 1 aromatic carbocycles. The highest BCUT2D eigenvalue weighted by Crippen LogP contribution is 2.07. The Hall–Kier alpha value is -1.83. The van der Waals surface area contributed by atoms with Gasteiger partial charge < -0.3 is 5.73 Å². The molecule has 70 valence electrons. The van der Waals surface area contributed by atoms with Gasteiger partial charge in [0, 0.05) is 17.5 Å². The van der Waals surface area contributed by atoms with Crippen molar-refractivity contribution in [3.8, 4) is 0 Å². The van der Waals surface area contributed by atoms with Gasteiger partial charge in [-0.15, -0.1) is 0 Å². The SMILES string of the molecule is C=C(N)C[n+]1cccc2ccccc21. The minimum Gasteiger partial charge on any atom is -0.397 e. The van der Waals surface area contributed by atoms with Crippen LogP contribution in [0.2, 0.25) is 0 Å². The van der Waals surface area contributed by atoms with E-state index in [0.29, 0.717) is 12.2 Å². The van der Waals surface area contributed by atoms with Gasteiger partial charge in [-0.2, -0.15) is 4.57 Å². The van der Waals surface area contributed by atoms with Crippen molar-refractivity contribution in [3.63, 3.8) is 0 Å². The van der Waals surface area contributed by atoms with Gasteiger partial charge in [0.25, 0.3) is 0 Å². The van der Waals surface area contributed by atoms with Crippen molar-refractivity contribution in [1.82, 2.24) is 0 Å². The summed E-state index contributed by atoms with van der Waals surface area (Å²) in [5.41, 5.74) is 7.45. The zero-order valence-corrected chi connectivity index (χ0v) is 7.98. The lowest BCUT2D eigenvalue weighted by Gasteiger charge is -1.99. The predicted molar refractivity (Wildman–Crippen MR) is 57.5 cm³/mol. The van der Waals surface area contributed by atoms with Gasteiger partial charge in [-0.05, 0) is 12.1 Å². The smallest absolute Gasteiger partial charge is 0.212 e. The minimum absolute atomic E-state index is 0.668. The zero-order chi connectivity index (χ0) is 9.97. The molecule has 2 N–H and O–H groups in total. The Bertz CT molecular complexity index is 469. The summed E-state index contributed by atoms with van der Waals surface area (Å²) in [5.74, 6) is 0. The Morgan fingerprint density at radius 3 is 2.71 bits per heavy atom. The van der Waals surface area contributed by atoms with E-state index in [1.165, 1.54) is 10.9 Å². The lowest BCUT2D eigenvalue weighted by molar-refractivity contribution is -0.663. The molecule has 0 bridgehead atoms. The monoisotopic (exact) mass is 185 g/mol. The van der Waals surface area contributed by atoms with Gasteiger partial charge in [-0.1, -0.05) is 18.7 Å². The molecule has 2 heteroatoms. The Morgan fingerprint density at radius 2 is 1.93 bits per heavy atom. The largest absolute Gasteiger partial charge is 0.397 e. The van der Waals surface area contributed by atoms with E-state index in [-0.39, 0.29) is 0 Å². The van der Waals surface area contributed by atoms with Gasteiger partial charge >= 0.3 is 0 Å². The first-order chi connectivity index (χ1) is 6.77. The number of nitrogens with zero attached hydrogens (tertiary/aromatic N) is 1. The van der Waals surface area contributed by atoms with Gasteiger partial charge in [0.2, 0.25) is 5.52 Å². The molecular weight excluding hydrogens is 172 g/mol. The standard InChI is InChI=1S/C12H13N2/c1-10(13)9-14-8-4-6-11-5-2-3-7-12(11)14/h2-8H,1,9,13H2/q+1. The van der Waals surface area contributed by atoms with Crippen LogP contribution >= 0.6 is 0 Å². The minimum atomic E-state index is 0.668. The molecule has 0 aliphatic rings. The van der Waals surface area contributed by atoms with Crippen LogP contribution in [0.15, 0.2) is 54.9 Å². The normalized spacial score (nSPS) is 10.3. The summed E-state index contributed by atoms with van der Waals surface area (Å²) in [5, 5.41) is 1.22. The number of nitrogens with two attached hydrogens (primary N) is 1. The number of rotatable bonds is 2. The first kappa shape index (κ1) is 8.75. The maximum atomic E-state index is 5.60. The second-order valence-corrected chi connectivity index (χ2v) is 3.35. The van der Waals surface area contributed by atoms with E-state index in [2.05, 4.69) is 29.3 Å². The first-order valence-electron chi connectivity index (χ1n) is 4.58. The molecule has 2 aromatic rings. The Labute approximate surface area is 83.3 Å². The quantitative estimate of drug-likeness (QED) is 0.708. The lowest BCUT2D eigenvalue weighted by Crippen LogP contribution is -2.36. The first-order valence-corrected chi connectivity index (χ1v) is 4.58. The highest BCUT2D eigenvalue weighted by Gasteiger charge is 2.06. The summed E-state index contributed by atoms with van der Waals surface area (Å²) in [6, 6.07) is 12.3. The number of benzene rings is 1. The van der Waals surface area contributed by atoms with Gasteiger partial charge in [-0.25, -0.2) is 0 Å². The number of aromatic nitrogens is 1. The molecule has 2 rings (SSSR count). The van der Waals surface area contributed by atoms with E-state index in [9.17, 15) is 0 Å². The summed E-state index contributed by atoms with van der Waals surface area (Å²) in [6.07, 6.45) is 2.01. The highest BCUT2D eigenvalue weighted by atomic mass is 15.0. The lowest BCUT2D eigenvalue weighted by atomic mass is 10.2. The van der Waals surface area contributed by atoms with Crippen LogP contribution in [0.5, 0.6) is 0 Å². The van der Waals surface area contributed by atoms with Crippen molar-refractivity contribution in [2.24, 2.45) is 5.73 Å². The second-order valence-electron chi connectivity index (χ2n) is 3.35. The van der Waals surface area contributed by atoms with Crippen LogP contribution in [0.3, 0.4) is 0 Å². The maximum absolute atomic E-state index is 5.60. The van der Waals surface area contributed by atoms with Crippen molar-refractivity contribution in [3.05, 3.63) is 54.9 Å². The number of para-hydroxylation sites is 1. The van der Waals surface area contributed by atoms with Gasteiger partial charge in [0.15, 0.2) is 12.7 Å². The summed E-state index contributed by atoms with van der Waals surface area (Å²) in [6.45, 7) is 4.38. The molecule has 14 heavy (non-hydrogen) atoms. The van der Waals surface area contributed by atoms with Gasteiger partial charge in [0.05, 0.1) is 5.70 Å². The topological polar surface area (TPSA) is 29.9 Å². The number of allylic oxidation sites excluding steroid dienone is 1. The molecule has 0 saturated carbocycles. The molecule has 0 radical (unpaired) electrons. The molecule has 2 nitrogen and oxygen atoms in total. The molecule has 0 spiro atoms. The zero-order valence-electron chi connectivity index (χ0n) is 7.98. The molecule has 1 aromatic heterocycles. The summed E-state index contributed by atoms with van der Waals surface area (Å²) >= 11 is 0. The average molecular weight is 185 g/mol. The molecule has 0 aliphatic heterocycles. The fourth-order valence-corrected chi connectivity index (χ4v) is 1.58. The molecular formula is C12H13N2+. The second kappa shape index (κ2) is 3.50. The highest BCUT2D eigenvalue weighted by molar-refractivity contribution is 5.74. The Kier molecular flexibility index (Phi) is 2.19. The number of hydrogen-bond donors (Lipinski definition) is 1. The predicted octanol–water partition coefficient (Wildman–Crippen LogP) is 1.60. The molecule has 0 aliphatic carbocycles. The van der Waals surface area contributed by atoms with E-state index in [4.69, 9.17) is 5.73 Å². The molecule has 0 amide bonds. The molecule has 0 saturated heterocycles. The van der Waals surface area contributed by atoms with Crippen molar-refractivity contribution in [2.45, 2.75) is 6.54 Å². The van der Waals surface area contributed by atoms with Crippen LogP contribution < -0.4 is 10.3 Å². The van der Waals surface area contributed by atoms with Crippen LogP contribution in [-0.2, 0) is 6.54 Å². The number of hydrogen-bond acceptors (Lipinski definition) is 1. The number of pyridine rings is 1. The summed E-state index contributed by atoms with van der Waals surface area (Å²) in [7, 11) is 0. The van der Waals surface area contributed by atoms with Gasteiger partial charge in [-0.3, -0.25) is 0 Å². The fourth-order valence-electron chi connectivity index (χ4n) is 1.58. The van der Waals surface area contributed by atoms with Crippen LogP contribution in [0, 0.1) is 0 Å². The van der Waals surface area contributed by atoms with Crippen LogP contribution in [-0.4, -0.2) is 0 Å². The third kappa shape index (κ3) is 1.59. The molecule has 0 unspecified atom stereocenters. The van der Waals surface area contributed by atoms with Crippen molar-refractivity contribution >= 4 is 10.9 Å². The average Bonchev–Trinajstić information content (AvgIpc) is 2.18. The van der Waals surface area contributed by atoms with E-state index in [1.54, 1.807) is 0 Å². The molecule has 0 atom stereocenters. The molecule has 0 fully saturated rings. The van der Waals surface area contributed by atoms with Crippen molar-refractivity contribution in [1.29, 1.82) is 0 Å². The van der Waals surface area contributed by atoms with Crippen molar-refractivity contribution < 1.29 is 4.57 Å². The third-order valence-corrected chi connectivity index (χ3v) is 2.16. The third-order valence-electron chi connectivity index (χ3n) is 2.16. The summed E-state index contributed by atoms with van der Waals surface area (Å²) < 4.78 is 2.09. The van der Waals surface area contributed by atoms with E-state index in [1.807, 2.05) is 24.4 Å². The Morgan fingerprint density at radius 1 is 1.21 bits per heavy atom. The van der Waals surface area contributed by atoms with E-state index >= 15 is 0 Å². The van der Waals surface area contributed by atoms with Crippen LogP contribution in [0.1, 0.15) is 0 Å².